The third kappa shape index (κ3) is 5.40. The number of aliphatic hydroxyl groups is 1. The van der Waals surface area contributed by atoms with Crippen molar-refractivity contribution in [2.45, 2.75) is 37.8 Å². The standard InChI is InChI=1S/C23H26N2O6/c1-2-20(22(28)29)25-21(27)11-14(26)12-24-23(30)31-13-19-17-9-5-3-7-15(17)16-8-4-6-10-18(16)19/h3-10,14,19-20,26H,2,11-13H2,1H3,(H,24,30)(H,25,27)(H,28,29). The zero-order valence-electron chi connectivity index (χ0n) is 17.2. The van der Waals surface area contributed by atoms with Crippen LogP contribution in [0.1, 0.15) is 36.8 Å². The Bertz CT molecular complexity index is 915. The Labute approximate surface area is 180 Å². The number of carbonyl (C=O) groups excluding carboxylic acids is 2. The number of aliphatic carboxylic acids is 1. The van der Waals surface area contributed by atoms with Crippen LogP contribution in [0.25, 0.3) is 11.1 Å². The summed E-state index contributed by atoms with van der Waals surface area (Å²) in [6.45, 7) is 1.59. The fraction of sp³-hybridized carbons (Fsp3) is 0.348. The number of aliphatic hydroxyl groups excluding tert-OH is 1. The van der Waals surface area contributed by atoms with Gasteiger partial charge in [0.1, 0.15) is 12.6 Å². The van der Waals surface area contributed by atoms with Crippen LogP contribution in [0.2, 0.25) is 0 Å². The van der Waals surface area contributed by atoms with Gasteiger partial charge in [-0.15, -0.1) is 0 Å². The highest BCUT2D eigenvalue weighted by Gasteiger charge is 2.29. The second kappa shape index (κ2) is 10.1. The molecule has 8 heteroatoms. The normalized spacial score (nSPS) is 14.1. The molecule has 0 heterocycles. The van der Waals surface area contributed by atoms with Gasteiger partial charge in [0.2, 0.25) is 5.91 Å². The van der Waals surface area contributed by atoms with Gasteiger partial charge in [-0.05, 0) is 28.7 Å². The summed E-state index contributed by atoms with van der Waals surface area (Å²) >= 11 is 0. The Hall–Kier alpha value is -3.39. The fourth-order valence-electron chi connectivity index (χ4n) is 3.73. The largest absolute Gasteiger partial charge is 0.480 e. The number of hydrogen-bond donors (Lipinski definition) is 4. The number of alkyl carbamates (subject to hydrolysis) is 1. The molecule has 1 aliphatic rings. The molecule has 2 atom stereocenters. The molecule has 3 rings (SSSR count). The van der Waals surface area contributed by atoms with E-state index in [2.05, 4.69) is 10.6 Å². The monoisotopic (exact) mass is 426 g/mol. The van der Waals surface area contributed by atoms with Crippen molar-refractivity contribution < 1.29 is 29.3 Å². The summed E-state index contributed by atoms with van der Waals surface area (Å²) in [4.78, 5) is 34.9. The number of benzene rings is 2. The minimum absolute atomic E-state index is 0.0733. The number of rotatable bonds is 9. The number of hydrogen-bond acceptors (Lipinski definition) is 5. The molecule has 0 aromatic heterocycles. The summed E-state index contributed by atoms with van der Waals surface area (Å²) < 4.78 is 5.37. The predicted molar refractivity (Wildman–Crippen MR) is 114 cm³/mol. The second-order valence-electron chi connectivity index (χ2n) is 7.43. The highest BCUT2D eigenvalue weighted by Crippen LogP contribution is 2.44. The summed E-state index contributed by atoms with van der Waals surface area (Å²) in [7, 11) is 0. The van der Waals surface area contributed by atoms with Crippen LogP contribution in [-0.2, 0) is 14.3 Å². The average Bonchev–Trinajstić information content (AvgIpc) is 3.08. The fourth-order valence-corrected chi connectivity index (χ4v) is 3.73. The van der Waals surface area contributed by atoms with Crippen molar-refractivity contribution in [3.05, 3.63) is 59.7 Å². The molecule has 0 radical (unpaired) electrons. The van der Waals surface area contributed by atoms with Gasteiger partial charge in [-0.1, -0.05) is 55.5 Å². The highest BCUT2D eigenvalue weighted by molar-refractivity contribution is 5.83. The number of ether oxygens (including phenoxy) is 1. The number of fused-ring (bicyclic) bond motifs is 3. The molecule has 2 aromatic carbocycles. The van der Waals surface area contributed by atoms with Crippen molar-refractivity contribution in [1.29, 1.82) is 0 Å². The molecule has 4 N–H and O–H groups in total. The SMILES string of the molecule is CCC(NC(=O)CC(O)CNC(=O)OCC1c2ccccc2-c2ccccc21)C(=O)O. The Morgan fingerprint density at radius 2 is 1.61 bits per heavy atom. The molecule has 2 unspecified atom stereocenters. The lowest BCUT2D eigenvalue weighted by molar-refractivity contribution is -0.142. The molecule has 2 amide bonds. The lowest BCUT2D eigenvalue weighted by atomic mass is 9.98. The number of carbonyl (C=O) groups is 3. The molecule has 2 aromatic rings. The summed E-state index contributed by atoms with van der Waals surface area (Å²) in [5, 5.41) is 23.7. The van der Waals surface area contributed by atoms with E-state index < -0.39 is 30.1 Å². The molecular formula is C23H26N2O6. The van der Waals surface area contributed by atoms with Gasteiger partial charge in [0.25, 0.3) is 0 Å². The molecule has 0 saturated heterocycles. The van der Waals surface area contributed by atoms with Crippen molar-refractivity contribution in [3.63, 3.8) is 0 Å². The predicted octanol–water partition coefficient (Wildman–Crippen LogP) is 2.26. The van der Waals surface area contributed by atoms with Crippen LogP contribution >= 0.6 is 0 Å². The first-order valence-electron chi connectivity index (χ1n) is 10.2. The highest BCUT2D eigenvalue weighted by atomic mass is 16.5. The minimum Gasteiger partial charge on any atom is -0.480 e. The first-order chi connectivity index (χ1) is 14.9. The first kappa shape index (κ1) is 22.3. The van der Waals surface area contributed by atoms with Crippen LogP contribution in [0.5, 0.6) is 0 Å². The number of amides is 2. The summed E-state index contributed by atoms with van der Waals surface area (Å²) in [6.07, 6.45) is -1.95. The van der Waals surface area contributed by atoms with Gasteiger partial charge in [0, 0.05) is 12.5 Å². The maximum Gasteiger partial charge on any atom is 0.407 e. The topological polar surface area (TPSA) is 125 Å². The van der Waals surface area contributed by atoms with Gasteiger partial charge in [-0.2, -0.15) is 0 Å². The van der Waals surface area contributed by atoms with E-state index in [4.69, 9.17) is 9.84 Å². The van der Waals surface area contributed by atoms with Crippen molar-refractivity contribution in [1.82, 2.24) is 10.6 Å². The smallest absolute Gasteiger partial charge is 0.407 e. The number of carboxylic acid groups (broad SMARTS) is 1. The van der Waals surface area contributed by atoms with E-state index >= 15 is 0 Å². The van der Waals surface area contributed by atoms with E-state index in [0.717, 1.165) is 22.3 Å². The van der Waals surface area contributed by atoms with E-state index in [1.54, 1.807) is 6.92 Å². The molecule has 8 nitrogen and oxygen atoms in total. The molecule has 0 saturated carbocycles. The average molecular weight is 426 g/mol. The van der Waals surface area contributed by atoms with Gasteiger partial charge >= 0.3 is 12.1 Å². The van der Waals surface area contributed by atoms with E-state index in [1.807, 2.05) is 48.5 Å². The third-order valence-electron chi connectivity index (χ3n) is 5.29. The Morgan fingerprint density at radius 3 is 2.16 bits per heavy atom. The Kier molecular flexibility index (Phi) is 7.25. The summed E-state index contributed by atoms with van der Waals surface area (Å²) in [5.74, 6) is -1.81. The third-order valence-corrected chi connectivity index (χ3v) is 5.29. The molecule has 164 valence electrons. The van der Waals surface area contributed by atoms with E-state index in [0.29, 0.717) is 0 Å². The lowest BCUT2D eigenvalue weighted by Crippen LogP contribution is -2.43. The van der Waals surface area contributed by atoms with Gasteiger partial charge < -0.3 is 25.6 Å². The van der Waals surface area contributed by atoms with Gasteiger partial charge in [0.05, 0.1) is 12.5 Å². The zero-order chi connectivity index (χ0) is 22.4. The maximum absolute atomic E-state index is 12.1. The van der Waals surface area contributed by atoms with Crippen LogP contribution < -0.4 is 10.6 Å². The first-order valence-corrected chi connectivity index (χ1v) is 10.2. The van der Waals surface area contributed by atoms with E-state index in [9.17, 15) is 19.5 Å². The Balaban J connectivity index is 1.48. The van der Waals surface area contributed by atoms with Crippen molar-refractivity contribution in [3.8, 4) is 11.1 Å². The zero-order valence-corrected chi connectivity index (χ0v) is 17.2. The summed E-state index contributed by atoms with van der Waals surface area (Å²) in [6, 6.07) is 15.0. The van der Waals surface area contributed by atoms with Crippen molar-refractivity contribution in [2.24, 2.45) is 0 Å². The number of carboxylic acids is 1. The quantitative estimate of drug-likeness (QED) is 0.487. The van der Waals surface area contributed by atoms with Crippen LogP contribution in [-0.4, -0.2) is 53.5 Å². The Morgan fingerprint density at radius 1 is 1.03 bits per heavy atom. The lowest BCUT2D eigenvalue weighted by Gasteiger charge is -2.16. The van der Waals surface area contributed by atoms with Crippen LogP contribution in [0.3, 0.4) is 0 Å². The molecule has 31 heavy (non-hydrogen) atoms. The van der Waals surface area contributed by atoms with Gasteiger partial charge in [-0.25, -0.2) is 9.59 Å². The summed E-state index contributed by atoms with van der Waals surface area (Å²) in [5.41, 5.74) is 4.44. The second-order valence-corrected chi connectivity index (χ2v) is 7.43. The molecule has 1 aliphatic carbocycles. The van der Waals surface area contributed by atoms with Crippen molar-refractivity contribution in [2.75, 3.05) is 13.2 Å². The molecule has 0 spiro atoms. The minimum atomic E-state index is -1.16. The van der Waals surface area contributed by atoms with Gasteiger partial charge in [0.15, 0.2) is 0 Å². The van der Waals surface area contributed by atoms with Crippen LogP contribution in [0.15, 0.2) is 48.5 Å². The maximum atomic E-state index is 12.1. The molecule has 0 fully saturated rings. The number of nitrogens with one attached hydrogen (secondary N) is 2. The van der Waals surface area contributed by atoms with E-state index in [1.165, 1.54) is 0 Å². The van der Waals surface area contributed by atoms with Crippen molar-refractivity contribution >= 4 is 18.0 Å². The van der Waals surface area contributed by atoms with Gasteiger partial charge in [-0.3, -0.25) is 4.79 Å². The molecular weight excluding hydrogens is 400 g/mol. The van der Waals surface area contributed by atoms with Crippen LogP contribution in [0, 0.1) is 0 Å². The molecule has 0 aliphatic heterocycles. The molecule has 0 bridgehead atoms. The van der Waals surface area contributed by atoms with Crippen LogP contribution in [0.4, 0.5) is 4.79 Å². The van der Waals surface area contributed by atoms with E-state index in [-0.39, 0.29) is 31.9 Å².